The van der Waals surface area contributed by atoms with Crippen molar-refractivity contribution in [2.24, 2.45) is 5.73 Å². The SMILES string of the molecule is COc1ccc(C(Nc2cccc(F)c2)C(N)=O)cn1. The van der Waals surface area contributed by atoms with Crippen LogP contribution in [-0.2, 0) is 4.79 Å². The zero-order valence-electron chi connectivity index (χ0n) is 10.8. The quantitative estimate of drug-likeness (QED) is 0.873. The molecule has 1 unspecified atom stereocenters. The van der Waals surface area contributed by atoms with E-state index in [1.165, 1.54) is 25.4 Å². The number of benzene rings is 1. The van der Waals surface area contributed by atoms with Crippen LogP contribution in [0.3, 0.4) is 0 Å². The monoisotopic (exact) mass is 275 g/mol. The van der Waals surface area contributed by atoms with Gasteiger partial charge in [0, 0.05) is 23.5 Å². The van der Waals surface area contributed by atoms with Crippen molar-refractivity contribution in [1.82, 2.24) is 4.98 Å². The van der Waals surface area contributed by atoms with Gasteiger partial charge in [0.05, 0.1) is 7.11 Å². The van der Waals surface area contributed by atoms with E-state index < -0.39 is 17.8 Å². The molecular weight excluding hydrogens is 261 g/mol. The van der Waals surface area contributed by atoms with Crippen LogP contribution in [0.4, 0.5) is 10.1 Å². The number of carbonyl (C=O) groups excluding carboxylic acids is 1. The van der Waals surface area contributed by atoms with E-state index in [1.807, 2.05) is 0 Å². The predicted octanol–water partition coefficient (Wildman–Crippen LogP) is 1.87. The number of nitrogens with zero attached hydrogens (tertiary/aromatic N) is 1. The van der Waals surface area contributed by atoms with Crippen molar-refractivity contribution >= 4 is 11.6 Å². The number of primary amides is 1. The molecule has 0 aliphatic heterocycles. The molecule has 2 aromatic rings. The van der Waals surface area contributed by atoms with Gasteiger partial charge in [-0.3, -0.25) is 4.79 Å². The topological polar surface area (TPSA) is 77.2 Å². The van der Waals surface area contributed by atoms with Crippen LogP contribution in [0, 0.1) is 5.82 Å². The van der Waals surface area contributed by atoms with Crippen molar-refractivity contribution in [1.29, 1.82) is 0 Å². The lowest BCUT2D eigenvalue weighted by molar-refractivity contribution is -0.118. The lowest BCUT2D eigenvalue weighted by atomic mass is 10.1. The third kappa shape index (κ3) is 3.23. The molecule has 0 radical (unpaired) electrons. The number of carbonyl (C=O) groups is 1. The summed E-state index contributed by atoms with van der Waals surface area (Å²) in [7, 11) is 1.50. The molecule has 1 heterocycles. The molecule has 0 bridgehead atoms. The van der Waals surface area contributed by atoms with Gasteiger partial charge in [0.15, 0.2) is 0 Å². The number of ether oxygens (including phenoxy) is 1. The van der Waals surface area contributed by atoms with Crippen molar-refractivity contribution in [3.8, 4) is 5.88 Å². The van der Waals surface area contributed by atoms with E-state index in [-0.39, 0.29) is 0 Å². The number of hydrogen-bond acceptors (Lipinski definition) is 4. The fourth-order valence-electron chi connectivity index (χ4n) is 1.75. The number of hydrogen-bond donors (Lipinski definition) is 2. The third-order valence-electron chi connectivity index (χ3n) is 2.72. The number of pyridine rings is 1. The molecule has 1 aromatic heterocycles. The van der Waals surface area contributed by atoms with Crippen molar-refractivity contribution < 1.29 is 13.9 Å². The van der Waals surface area contributed by atoms with Gasteiger partial charge in [-0.05, 0) is 24.3 Å². The number of anilines is 1. The Morgan fingerprint density at radius 3 is 2.75 bits per heavy atom. The normalized spacial score (nSPS) is 11.7. The summed E-state index contributed by atoms with van der Waals surface area (Å²) in [5.41, 5.74) is 6.41. The molecule has 5 nitrogen and oxygen atoms in total. The fourth-order valence-corrected chi connectivity index (χ4v) is 1.75. The molecule has 0 spiro atoms. The highest BCUT2D eigenvalue weighted by atomic mass is 19.1. The van der Waals surface area contributed by atoms with Crippen LogP contribution < -0.4 is 15.8 Å². The molecule has 0 saturated carbocycles. The Morgan fingerprint density at radius 1 is 1.40 bits per heavy atom. The summed E-state index contributed by atoms with van der Waals surface area (Å²) in [6, 6.07) is 8.30. The second kappa shape index (κ2) is 6.01. The summed E-state index contributed by atoms with van der Waals surface area (Å²) in [6.45, 7) is 0. The Hall–Kier alpha value is -2.63. The highest BCUT2D eigenvalue weighted by molar-refractivity contribution is 5.84. The molecule has 20 heavy (non-hydrogen) atoms. The summed E-state index contributed by atoms with van der Waals surface area (Å²) in [5, 5.41) is 2.88. The summed E-state index contributed by atoms with van der Waals surface area (Å²) in [4.78, 5) is 15.6. The van der Waals surface area contributed by atoms with Gasteiger partial charge in [0.25, 0.3) is 0 Å². The van der Waals surface area contributed by atoms with Crippen LogP contribution in [0.2, 0.25) is 0 Å². The van der Waals surface area contributed by atoms with Crippen molar-refractivity contribution in [2.45, 2.75) is 6.04 Å². The maximum atomic E-state index is 13.1. The first-order valence-electron chi connectivity index (χ1n) is 5.91. The van der Waals surface area contributed by atoms with Gasteiger partial charge < -0.3 is 15.8 Å². The first kappa shape index (κ1) is 13.8. The largest absolute Gasteiger partial charge is 0.481 e. The number of methoxy groups -OCH3 is 1. The van der Waals surface area contributed by atoms with E-state index in [2.05, 4.69) is 10.3 Å². The summed E-state index contributed by atoms with van der Waals surface area (Å²) >= 11 is 0. The Kier molecular flexibility index (Phi) is 4.14. The number of aromatic nitrogens is 1. The molecule has 1 atom stereocenters. The number of amides is 1. The molecule has 3 N–H and O–H groups in total. The molecule has 0 aliphatic carbocycles. The van der Waals surface area contributed by atoms with E-state index in [0.717, 1.165) is 0 Å². The van der Waals surface area contributed by atoms with Crippen LogP contribution in [0.5, 0.6) is 5.88 Å². The van der Waals surface area contributed by atoms with Gasteiger partial charge in [-0.15, -0.1) is 0 Å². The maximum Gasteiger partial charge on any atom is 0.244 e. The summed E-state index contributed by atoms with van der Waals surface area (Å²) in [5.74, 6) is -0.546. The molecular formula is C14H14FN3O2. The zero-order valence-corrected chi connectivity index (χ0v) is 10.8. The van der Waals surface area contributed by atoms with Crippen molar-refractivity contribution in [3.05, 3.63) is 54.0 Å². The zero-order chi connectivity index (χ0) is 14.5. The van der Waals surface area contributed by atoms with Gasteiger partial charge in [0.1, 0.15) is 11.9 Å². The van der Waals surface area contributed by atoms with E-state index in [9.17, 15) is 9.18 Å². The fraction of sp³-hybridized carbons (Fsp3) is 0.143. The molecule has 1 aromatic carbocycles. The average molecular weight is 275 g/mol. The minimum atomic E-state index is -0.796. The molecule has 0 saturated heterocycles. The lowest BCUT2D eigenvalue weighted by Crippen LogP contribution is -2.27. The van der Waals surface area contributed by atoms with E-state index in [0.29, 0.717) is 17.1 Å². The first-order valence-corrected chi connectivity index (χ1v) is 5.91. The maximum absolute atomic E-state index is 13.1. The smallest absolute Gasteiger partial charge is 0.244 e. The molecule has 0 aliphatic rings. The first-order chi connectivity index (χ1) is 9.60. The van der Waals surface area contributed by atoms with Gasteiger partial charge in [-0.25, -0.2) is 9.37 Å². The van der Waals surface area contributed by atoms with Crippen LogP contribution in [0.25, 0.3) is 0 Å². The van der Waals surface area contributed by atoms with Gasteiger partial charge >= 0.3 is 0 Å². The minimum absolute atomic E-state index is 0.397. The third-order valence-corrected chi connectivity index (χ3v) is 2.72. The van der Waals surface area contributed by atoms with E-state index in [1.54, 1.807) is 24.3 Å². The van der Waals surface area contributed by atoms with Crippen LogP contribution in [0.1, 0.15) is 11.6 Å². The van der Waals surface area contributed by atoms with Crippen molar-refractivity contribution in [3.63, 3.8) is 0 Å². The lowest BCUT2D eigenvalue weighted by Gasteiger charge is -2.17. The van der Waals surface area contributed by atoms with Crippen LogP contribution in [-0.4, -0.2) is 18.0 Å². The predicted molar refractivity (Wildman–Crippen MR) is 72.7 cm³/mol. The molecule has 1 amide bonds. The standard InChI is InChI=1S/C14H14FN3O2/c1-20-12-6-5-9(8-17-12)13(14(16)19)18-11-4-2-3-10(15)7-11/h2-8,13,18H,1H3,(H2,16,19). The van der Waals surface area contributed by atoms with Gasteiger partial charge in [-0.1, -0.05) is 6.07 Å². The second-order valence-corrected chi connectivity index (χ2v) is 4.12. The molecule has 6 heteroatoms. The number of rotatable bonds is 5. The Morgan fingerprint density at radius 2 is 2.20 bits per heavy atom. The number of nitrogens with one attached hydrogen (secondary N) is 1. The summed E-state index contributed by atoms with van der Waals surface area (Å²) in [6.07, 6.45) is 1.49. The van der Waals surface area contributed by atoms with Gasteiger partial charge in [-0.2, -0.15) is 0 Å². The average Bonchev–Trinajstić information content (AvgIpc) is 2.45. The molecule has 104 valence electrons. The Balaban J connectivity index is 2.24. The number of halogens is 1. The van der Waals surface area contributed by atoms with E-state index >= 15 is 0 Å². The Labute approximate surface area is 115 Å². The Bertz CT molecular complexity index is 602. The molecule has 0 fully saturated rings. The minimum Gasteiger partial charge on any atom is -0.481 e. The van der Waals surface area contributed by atoms with Crippen LogP contribution >= 0.6 is 0 Å². The van der Waals surface area contributed by atoms with Crippen molar-refractivity contribution in [2.75, 3.05) is 12.4 Å². The van der Waals surface area contributed by atoms with Gasteiger partial charge in [0.2, 0.25) is 11.8 Å². The highest BCUT2D eigenvalue weighted by Gasteiger charge is 2.18. The molecule has 2 rings (SSSR count). The summed E-state index contributed by atoms with van der Waals surface area (Å²) < 4.78 is 18.1. The van der Waals surface area contributed by atoms with E-state index in [4.69, 9.17) is 10.5 Å². The number of nitrogens with two attached hydrogens (primary N) is 1. The van der Waals surface area contributed by atoms with Crippen LogP contribution in [0.15, 0.2) is 42.6 Å². The second-order valence-electron chi connectivity index (χ2n) is 4.12. The highest BCUT2D eigenvalue weighted by Crippen LogP contribution is 2.20.